The molecule has 1 aliphatic heterocycles. The Bertz CT molecular complexity index is 1140. The second-order valence-corrected chi connectivity index (χ2v) is 8.50. The number of carbonyl (C=O) groups excluding carboxylic acids is 1. The summed E-state index contributed by atoms with van der Waals surface area (Å²) in [6.45, 7) is 1.97. The highest BCUT2D eigenvalue weighted by molar-refractivity contribution is 7.89. The van der Waals surface area contributed by atoms with Gasteiger partial charge in [-0.2, -0.15) is 4.31 Å². The van der Waals surface area contributed by atoms with E-state index in [1.807, 2.05) is 0 Å². The fourth-order valence-electron chi connectivity index (χ4n) is 3.44. The lowest BCUT2D eigenvalue weighted by atomic mass is 10.1. The molecule has 2 aromatic carbocycles. The normalized spacial score (nSPS) is 14.9. The van der Waals surface area contributed by atoms with Crippen LogP contribution in [0, 0.1) is 5.82 Å². The summed E-state index contributed by atoms with van der Waals surface area (Å²) in [6, 6.07) is 10.6. The van der Waals surface area contributed by atoms with Crippen molar-refractivity contribution in [3.05, 3.63) is 59.5 Å². The number of H-pyrrole nitrogens is 1. The van der Waals surface area contributed by atoms with Crippen LogP contribution in [0.15, 0.2) is 47.4 Å². The molecule has 0 fully saturated rings. The number of carbonyl (C=O) groups is 1. The van der Waals surface area contributed by atoms with E-state index < -0.39 is 10.0 Å². The first-order valence-corrected chi connectivity index (χ1v) is 9.95. The molecular weight excluding hydrogens is 369 g/mol. The predicted molar refractivity (Wildman–Crippen MR) is 100 cm³/mol. The molecule has 8 heteroatoms. The molecule has 27 heavy (non-hydrogen) atoms. The molecule has 0 spiro atoms. The van der Waals surface area contributed by atoms with E-state index in [4.69, 9.17) is 0 Å². The standard InChI is InChI=1S/C19H18FN3O3S/c1-12(24)21-14-3-5-15(6-4-14)27(25,26)23-9-8-18-17(11-23)16-7-2-13(20)10-19(16)22-18/h2-7,10,22H,8-9,11H2,1H3,(H,21,24). The first-order chi connectivity index (χ1) is 12.8. The van der Waals surface area contributed by atoms with Gasteiger partial charge in [0, 0.05) is 48.7 Å². The van der Waals surface area contributed by atoms with Gasteiger partial charge in [0.15, 0.2) is 0 Å². The second-order valence-electron chi connectivity index (χ2n) is 6.57. The number of nitrogens with one attached hydrogen (secondary N) is 2. The maximum Gasteiger partial charge on any atom is 0.243 e. The Labute approximate surface area is 156 Å². The van der Waals surface area contributed by atoms with E-state index in [1.54, 1.807) is 18.2 Å². The summed E-state index contributed by atoms with van der Waals surface area (Å²) in [7, 11) is -3.67. The van der Waals surface area contributed by atoms with Crippen LogP contribution in [0.5, 0.6) is 0 Å². The summed E-state index contributed by atoms with van der Waals surface area (Å²) in [5.74, 6) is -0.547. The van der Waals surface area contributed by atoms with E-state index >= 15 is 0 Å². The van der Waals surface area contributed by atoms with Gasteiger partial charge in [0.05, 0.1) is 4.90 Å². The number of hydrogen-bond acceptors (Lipinski definition) is 3. The lowest BCUT2D eigenvalue weighted by Gasteiger charge is -2.26. The van der Waals surface area contributed by atoms with E-state index in [2.05, 4.69) is 10.3 Å². The Hall–Kier alpha value is -2.71. The van der Waals surface area contributed by atoms with Crippen LogP contribution in [0.4, 0.5) is 10.1 Å². The Balaban J connectivity index is 1.64. The van der Waals surface area contributed by atoms with Crippen molar-refractivity contribution in [3.63, 3.8) is 0 Å². The van der Waals surface area contributed by atoms with Crippen molar-refractivity contribution in [2.24, 2.45) is 0 Å². The molecule has 0 saturated heterocycles. The van der Waals surface area contributed by atoms with Crippen LogP contribution in [-0.2, 0) is 27.8 Å². The van der Waals surface area contributed by atoms with Gasteiger partial charge in [0.25, 0.3) is 0 Å². The zero-order chi connectivity index (χ0) is 19.2. The average Bonchev–Trinajstić information content (AvgIpc) is 2.98. The number of sulfonamides is 1. The van der Waals surface area contributed by atoms with Gasteiger partial charge < -0.3 is 10.3 Å². The first kappa shape index (κ1) is 17.7. The van der Waals surface area contributed by atoms with Crippen molar-refractivity contribution in [1.29, 1.82) is 0 Å². The number of nitrogens with zero attached hydrogens (tertiary/aromatic N) is 1. The number of benzene rings is 2. The number of fused-ring (bicyclic) bond motifs is 3. The number of anilines is 1. The lowest BCUT2D eigenvalue weighted by Crippen LogP contribution is -2.35. The smallest absolute Gasteiger partial charge is 0.243 e. The molecule has 1 aliphatic rings. The molecule has 2 N–H and O–H groups in total. The van der Waals surface area contributed by atoms with Crippen molar-refractivity contribution < 1.29 is 17.6 Å². The molecule has 1 aromatic heterocycles. The largest absolute Gasteiger partial charge is 0.358 e. The van der Waals surface area contributed by atoms with E-state index in [0.29, 0.717) is 24.2 Å². The topological polar surface area (TPSA) is 82.3 Å². The van der Waals surface area contributed by atoms with E-state index in [-0.39, 0.29) is 23.2 Å². The lowest BCUT2D eigenvalue weighted by molar-refractivity contribution is -0.114. The van der Waals surface area contributed by atoms with Crippen molar-refractivity contribution in [1.82, 2.24) is 9.29 Å². The van der Waals surface area contributed by atoms with Gasteiger partial charge in [-0.25, -0.2) is 12.8 Å². The summed E-state index contributed by atoms with van der Waals surface area (Å²) in [5, 5.41) is 3.46. The Morgan fingerprint density at radius 3 is 2.63 bits per heavy atom. The van der Waals surface area contributed by atoms with E-state index in [9.17, 15) is 17.6 Å². The number of amides is 1. The van der Waals surface area contributed by atoms with Gasteiger partial charge in [-0.05, 0) is 48.0 Å². The summed E-state index contributed by atoms with van der Waals surface area (Å²) in [5.41, 5.74) is 3.05. The van der Waals surface area contributed by atoms with Crippen molar-refractivity contribution in [2.45, 2.75) is 24.8 Å². The van der Waals surface area contributed by atoms with Crippen molar-refractivity contribution in [3.8, 4) is 0 Å². The molecule has 0 radical (unpaired) electrons. The molecule has 140 valence electrons. The third-order valence-corrected chi connectivity index (χ3v) is 6.57. The molecule has 0 atom stereocenters. The second kappa shape index (κ2) is 6.47. The van der Waals surface area contributed by atoms with E-state index in [1.165, 1.54) is 35.5 Å². The number of aromatic nitrogens is 1. The van der Waals surface area contributed by atoms with Gasteiger partial charge in [-0.3, -0.25) is 4.79 Å². The van der Waals surface area contributed by atoms with Crippen LogP contribution in [0.25, 0.3) is 10.9 Å². The third-order valence-electron chi connectivity index (χ3n) is 4.71. The molecular formula is C19H18FN3O3S. The zero-order valence-electron chi connectivity index (χ0n) is 14.6. The van der Waals surface area contributed by atoms with Crippen molar-refractivity contribution in [2.75, 3.05) is 11.9 Å². The van der Waals surface area contributed by atoms with Gasteiger partial charge in [0.2, 0.25) is 15.9 Å². The number of aromatic amines is 1. The maximum absolute atomic E-state index is 13.4. The minimum absolute atomic E-state index is 0.172. The zero-order valence-corrected chi connectivity index (χ0v) is 15.4. The van der Waals surface area contributed by atoms with Crippen molar-refractivity contribution >= 4 is 32.5 Å². The Morgan fingerprint density at radius 2 is 1.93 bits per heavy atom. The number of halogens is 1. The minimum Gasteiger partial charge on any atom is -0.358 e. The van der Waals surface area contributed by atoms with Crippen LogP contribution in [0.3, 0.4) is 0 Å². The summed E-state index contributed by atoms with van der Waals surface area (Å²) < 4.78 is 40.9. The minimum atomic E-state index is -3.67. The predicted octanol–water partition coefficient (Wildman–Crippen LogP) is 3.01. The monoisotopic (exact) mass is 387 g/mol. The molecule has 1 amide bonds. The SMILES string of the molecule is CC(=O)Nc1ccc(S(=O)(=O)N2CCc3[nH]c4cc(F)ccc4c3C2)cc1. The number of hydrogen-bond donors (Lipinski definition) is 2. The summed E-state index contributed by atoms with van der Waals surface area (Å²) in [4.78, 5) is 14.5. The fourth-order valence-corrected chi connectivity index (χ4v) is 4.85. The highest BCUT2D eigenvalue weighted by atomic mass is 32.2. The maximum atomic E-state index is 13.4. The van der Waals surface area contributed by atoms with Crippen LogP contribution < -0.4 is 5.32 Å². The Morgan fingerprint density at radius 1 is 1.19 bits per heavy atom. The molecule has 0 unspecified atom stereocenters. The van der Waals surface area contributed by atoms with Gasteiger partial charge in [0.1, 0.15) is 5.82 Å². The molecule has 3 aromatic rings. The summed E-state index contributed by atoms with van der Waals surface area (Å²) in [6.07, 6.45) is 0.537. The van der Waals surface area contributed by atoms with Crippen LogP contribution >= 0.6 is 0 Å². The first-order valence-electron chi connectivity index (χ1n) is 8.51. The summed E-state index contributed by atoms with van der Waals surface area (Å²) >= 11 is 0. The third kappa shape index (κ3) is 3.22. The van der Waals surface area contributed by atoms with Crippen LogP contribution in [0.1, 0.15) is 18.2 Å². The molecule has 2 heterocycles. The van der Waals surface area contributed by atoms with E-state index in [0.717, 1.165) is 16.6 Å². The number of rotatable bonds is 3. The highest BCUT2D eigenvalue weighted by Crippen LogP contribution is 2.31. The van der Waals surface area contributed by atoms with Gasteiger partial charge in [-0.1, -0.05) is 0 Å². The molecule has 0 saturated carbocycles. The average molecular weight is 387 g/mol. The quantitative estimate of drug-likeness (QED) is 0.725. The highest BCUT2D eigenvalue weighted by Gasteiger charge is 2.30. The van der Waals surface area contributed by atoms with Crippen LogP contribution in [0.2, 0.25) is 0 Å². The Kier molecular flexibility index (Phi) is 4.24. The molecule has 0 bridgehead atoms. The fraction of sp³-hybridized carbons (Fsp3) is 0.211. The molecule has 0 aliphatic carbocycles. The van der Waals surface area contributed by atoms with Gasteiger partial charge >= 0.3 is 0 Å². The molecule has 6 nitrogen and oxygen atoms in total. The molecule has 4 rings (SSSR count). The van der Waals surface area contributed by atoms with Gasteiger partial charge in [-0.15, -0.1) is 0 Å². The van der Waals surface area contributed by atoms with Crippen LogP contribution in [-0.4, -0.2) is 30.2 Å².